The van der Waals surface area contributed by atoms with E-state index in [1.165, 1.54) is 0 Å². The van der Waals surface area contributed by atoms with Gasteiger partial charge in [0, 0.05) is 24.9 Å². The maximum Gasteiger partial charge on any atom is 0.261 e. The van der Waals surface area contributed by atoms with Crippen molar-refractivity contribution in [3.8, 4) is 16.9 Å². The average molecular weight is 384 g/mol. The number of carbonyl (C=O) groups is 1. The first-order chi connectivity index (χ1) is 14.2. The number of nitrogens with zero attached hydrogens (tertiary/aromatic N) is 2. The maximum atomic E-state index is 12.4. The molecular weight excluding hydrogens is 364 g/mol. The monoisotopic (exact) mass is 384 g/mol. The summed E-state index contributed by atoms with van der Waals surface area (Å²) in [5.41, 5.74) is 3.11. The van der Waals surface area contributed by atoms with Crippen molar-refractivity contribution in [2.75, 3.05) is 6.54 Å². The molecule has 0 unspecified atom stereocenters. The van der Waals surface area contributed by atoms with Crippen molar-refractivity contribution in [1.29, 1.82) is 0 Å². The van der Waals surface area contributed by atoms with Crippen LogP contribution < -0.4 is 10.9 Å². The van der Waals surface area contributed by atoms with Crippen molar-refractivity contribution in [1.82, 2.24) is 20.1 Å². The quantitative estimate of drug-likeness (QED) is 0.536. The maximum absolute atomic E-state index is 12.4. The number of nitrogens with one attached hydrogen (secondary N) is 2. The Morgan fingerprint density at radius 1 is 0.931 bits per heavy atom. The number of benzene rings is 2. The summed E-state index contributed by atoms with van der Waals surface area (Å²) in [5, 5.41) is 7.30. The minimum Gasteiger partial charge on any atom is -0.351 e. The molecule has 0 bridgehead atoms. The van der Waals surface area contributed by atoms with Gasteiger partial charge in [0.25, 0.3) is 11.5 Å². The van der Waals surface area contributed by atoms with Gasteiger partial charge < -0.3 is 10.3 Å². The highest BCUT2D eigenvalue weighted by molar-refractivity contribution is 5.94. The molecule has 2 N–H and O–H groups in total. The van der Waals surface area contributed by atoms with Crippen molar-refractivity contribution < 1.29 is 4.79 Å². The van der Waals surface area contributed by atoms with E-state index in [2.05, 4.69) is 15.4 Å². The highest BCUT2D eigenvalue weighted by Crippen LogP contribution is 2.14. The van der Waals surface area contributed by atoms with Crippen LogP contribution in [0.5, 0.6) is 0 Å². The number of hydrogen-bond donors (Lipinski definition) is 2. The number of hydrogen-bond acceptors (Lipinski definition) is 3. The molecule has 0 saturated heterocycles. The molecule has 2 aromatic carbocycles. The number of pyridine rings is 1. The van der Waals surface area contributed by atoms with Crippen LogP contribution in [0.4, 0.5) is 0 Å². The summed E-state index contributed by atoms with van der Waals surface area (Å²) >= 11 is 0. The van der Waals surface area contributed by atoms with Crippen molar-refractivity contribution in [3.05, 3.63) is 107 Å². The summed E-state index contributed by atoms with van der Waals surface area (Å²) in [7, 11) is 0. The van der Waals surface area contributed by atoms with Gasteiger partial charge in [-0.05, 0) is 35.9 Å². The number of rotatable bonds is 6. The Hall–Kier alpha value is -3.93. The Kier molecular flexibility index (Phi) is 5.33. The lowest BCUT2D eigenvalue weighted by Gasteiger charge is -2.06. The highest BCUT2D eigenvalue weighted by atomic mass is 16.2. The van der Waals surface area contributed by atoms with Crippen molar-refractivity contribution in [3.63, 3.8) is 0 Å². The van der Waals surface area contributed by atoms with Crippen LogP contribution in [0.2, 0.25) is 0 Å². The summed E-state index contributed by atoms with van der Waals surface area (Å²) in [5.74, 6) is -0.395. The lowest BCUT2D eigenvalue weighted by Crippen LogP contribution is -2.31. The second kappa shape index (κ2) is 8.39. The van der Waals surface area contributed by atoms with Crippen LogP contribution in [0.1, 0.15) is 16.1 Å². The van der Waals surface area contributed by atoms with Crippen LogP contribution in [-0.2, 0) is 6.42 Å². The lowest BCUT2D eigenvalue weighted by molar-refractivity contribution is 0.0952. The first-order valence-electron chi connectivity index (χ1n) is 9.37. The summed E-state index contributed by atoms with van der Waals surface area (Å²) in [6.07, 6.45) is 2.46. The largest absolute Gasteiger partial charge is 0.351 e. The zero-order valence-corrected chi connectivity index (χ0v) is 15.7. The van der Waals surface area contributed by atoms with Gasteiger partial charge in [0.1, 0.15) is 5.56 Å². The zero-order valence-electron chi connectivity index (χ0n) is 15.7. The van der Waals surface area contributed by atoms with E-state index in [1.807, 2.05) is 72.9 Å². The topological polar surface area (TPSA) is 79.8 Å². The molecule has 144 valence electrons. The van der Waals surface area contributed by atoms with Gasteiger partial charge in [-0.15, -0.1) is 0 Å². The molecule has 29 heavy (non-hydrogen) atoms. The molecule has 6 nitrogen and oxygen atoms in total. The van der Waals surface area contributed by atoms with Crippen LogP contribution in [0.25, 0.3) is 16.9 Å². The highest BCUT2D eigenvalue weighted by Gasteiger charge is 2.11. The molecule has 0 aliphatic heterocycles. The lowest BCUT2D eigenvalue weighted by atomic mass is 10.1. The number of para-hydroxylation sites is 1. The zero-order chi connectivity index (χ0) is 20.1. The van der Waals surface area contributed by atoms with Gasteiger partial charge in [0.05, 0.1) is 11.4 Å². The van der Waals surface area contributed by atoms with Crippen LogP contribution >= 0.6 is 0 Å². The standard InChI is InChI=1S/C23H20N4O2/c28-22(20-11-12-21(25-23(20)29)17-7-3-1-4-8-17)24-15-13-18-14-16-27(26-18)19-9-5-2-6-10-19/h1-12,14,16H,13,15H2,(H,24,28)(H,25,29). The van der Waals surface area contributed by atoms with Gasteiger partial charge in [-0.2, -0.15) is 5.10 Å². The SMILES string of the molecule is O=C(NCCc1ccn(-c2ccccc2)n1)c1ccc(-c2ccccc2)[nH]c1=O. The Balaban J connectivity index is 1.37. The molecule has 0 fully saturated rings. The third-order valence-electron chi connectivity index (χ3n) is 4.57. The van der Waals surface area contributed by atoms with Gasteiger partial charge in [-0.3, -0.25) is 9.59 Å². The van der Waals surface area contributed by atoms with Crippen molar-refractivity contribution in [2.45, 2.75) is 6.42 Å². The van der Waals surface area contributed by atoms with Crippen molar-refractivity contribution >= 4 is 5.91 Å². The number of amides is 1. The molecule has 2 heterocycles. The van der Waals surface area contributed by atoms with E-state index in [4.69, 9.17) is 0 Å². The van der Waals surface area contributed by atoms with E-state index in [-0.39, 0.29) is 5.56 Å². The van der Waals surface area contributed by atoms with E-state index >= 15 is 0 Å². The smallest absolute Gasteiger partial charge is 0.261 e. The molecule has 4 rings (SSSR count). The fourth-order valence-electron chi connectivity index (χ4n) is 3.06. The second-order valence-corrected chi connectivity index (χ2v) is 6.57. The van der Waals surface area contributed by atoms with E-state index in [9.17, 15) is 9.59 Å². The normalized spacial score (nSPS) is 10.6. The first-order valence-corrected chi connectivity index (χ1v) is 9.37. The fourth-order valence-corrected chi connectivity index (χ4v) is 3.06. The molecule has 2 aromatic heterocycles. The molecule has 6 heteroatoms. The van der Waals surface area contributed by atoms with Crippen LogP contribution in [0.3, 0.4) is 0 Å². The molecule has 0 atom stereocenters. The molecule has 0 spiro atoms. The first kappa shape index (κ1) is 18.4. The van der Waals surface area contributed by atoms with E-state index < -0.39 is 11.5 Å². The Labute approximate surface area is 167 Å². The number of aromatic amines is 1. The molecule has 4 aromatic rings. The Bertz CT molecular complexity index is 1160. The molecule has 0 aliphatic rings. The Morgan fingerprint density at radius 2 is 1.66 bits per heavy atom. The fraction of sp³-hybridized carbons (Fsp3) is 0.0870. The minimum absolute atomic E-state index is 0.0968. The third-order valence-corrected chi connectivity index (χ3v) is 4.57. The third kappa shape index (κ3) is 4.32. The second-order valence-electron chi connectivity index (χ2n) is 6.57. The number of H-pyrrole nitrogens is 1. The molecule has 1 amide bonds. The predicted octanol–water partition coefficient (Wildman–Crippen LogP) is 3.20. The van der Waals surface area contributed by atoms with Crippen LogP contribution in [-0.4, -0.2) is 27.2 Å². The minimum atomic E-state index is -0.405. The van der Waals surface area contributed by atoms with E-state index in [1.54, 1.807) is 16.8 Å². The summed E-state index contributed by atoms with van der Waals surface area (Å²) < 4.78 is 1.80. The van der Waals surface area contributed by atoms with Gasteiger partial charge in [-0.1, -0.05) is 48.5 Å². The summed E-state index contributed by atoms with van der Waals surface area (Å²) in [4.78, 5) is 27.5. The molecular formula is C23H20N4O2. The number of carbonyl (C=O) groups excluding carboxylic acids is 1. The summed E-state index contributed by atoms with van der Waals surface area (Å²) in [6.45, 7) is 0.393. The molecule has 0 aliphatic carbocycles. The van der Waals surface area contributed by atoms with Crippen LogP contribution in [0.15, 0.2) is 89.9 Å². The number of aromatic nitrogens is 3. The van der Waals surface area contributed by atoms with E-state index in [0.29, 0.717) is 18.7 Å². The van der Waals surface area contributed by atoms with Gasteiger partial charge in [-0.25, -0.2) is 4.68 Å². The predicted molar refractivity (Wildman–Crippen MR) is 112 cm³/mol. The van der Waals surface area contributed by atoms with Gasteiger partial charge in [0.2, 0.25) is 0 Å². The molecule has 0 saturated carbocycles. The molecule has 0 radical (unpaired) electrons. The van der Waals surface area contributed by atoms with Gasteiger partial charge >= 0.3 is 0 Å². The Morgan fingerprint density at radius 3 is 2.38 bits per heavy atom. The van der Waals surface area contributed by atoms with Crippen molar-refractivity contribution in [2.24, 2.45) is 0 Å². The van der Waals surface area contributed by atoms with E-state index in [0.717, 1.165) is 16.9 Å². The average Bonchev–Trinajstić information content (AvgIpc) is 3.24. The summed E-state index contributed by atoms with van der Waals surface area (Å²) in [6, 6.07) is 24.5. The van der Waals surface area contributed by atoms with Gasteiger partial charge in [0.15, 0.2) is 0 Å². The van der Waals surface area contributed by atoms with Crippen LogP contribution in [0, 0.1) is 0 Å².